The summed E-state index contributed by atoms with van der Waals surface area (Å²) >= 11 is 0. The molecule has 1 atom stereocenters. The smallest absolute Gasteiger partial charge is 0.321 e. The topological polar surface area (TPSA) is 69.6 Å². The van der Waals surface area contributed by atoms with Gasteiger partial charge >= 0.3 is 12.0 Å². The average Bonchev–Trinajstić information content (AvgIpc) is 2.48. The number of rotatable bonds is 4. The Morgan fingerprint density at radius 2 is 2.05 bits per heavy atom. The standard InChI is InChI=1S/C16H22N2O3/c1-12-4-7-14(8-5-12)17-16(21)18-10-2-3-13(11-18)6-9-15(19)20/h4-5,7-8,13H,2-3,6,9-11H2,1H3,(H,17,21)(H,19,20)/t13-/m1/s1. The van der Waals surface area contributed by atoms with Gasteiger partial charge in [-0.15, -0.1) is 0 Å². The lowest BCUT2D eigenvalue weighted by Gasteiger charge is -2.32. The molecule has 5 nitrogen and oxygen atoms in total. The van der Waals surface area contributed by atoms with Crippen LogP contribution in [0.5, 0.6) is 0 Å². The highest BCUT2D eigenvalue weighted by molar-refractivity contribution is 5.89. The molecule has 21 heavy (non-hydrogen) atoms. The predicted octanol–water partition coefficient (Wildman–Crippen LogP) is 3.10. The molecule has 1 aliphatic rings. The number of nitrogens with zero attached hydrogens (tertiary/aromatic N) is 1. The molecule has 1 aromatic rings. The van der Waals surface area contributed by atoms with Gasteiger partial charge in [-0.3, -0.25) is 4.79 Å². The maximum Gasteiger partial charge on any atom is 0.321 e. The summed E-state index contributed by atoms with van der Waals surface area (Å²) in [5.41, 5.74) is 1.94. The van der Waals surface area contributed by atoms with E-state index in [1.54, 1.807) is 4.90 Å². The maximum atomic E-state index is 12.2. The highest BCUT2D eigenvalue weighted by Gasteiger charge is 2.24. The van der Waals surface area contributed by atoms with Crippen molar-refractivity contribution in [2.75, 3.05) is 18.4 Å². The molecule has 2 N–H and O–H groups in total. The first-order valence-corrected chi connectivity index (χ1v) is 7.39. The van der Waals surface area contributed by atoms with Crippen LogP contribution in [0.25, 0.3) is 0 Å². The van der Waals surface area contributed by atoms with Crippen LogP contribution >= 0.6 is 0 Å². The number of carbonyl (C=O) groups excluding carboxylic acids is 1. The van der Waals surface area contributed by atoms with Gasteiger partial charge in [-0.05, 0) is 44.2 Å². The molecule has 0 saturated carbocycles. The van der Waals surface area contributed by atoms with E-state index in [-0.39, 0.29) is 12.5 Å². The number of hydrogen-bond donors (Lipinski definition) is 2. The molecule has 0 aromatic heterocycles. The number of likely N-dealkylation sites (tertiary alicyclic amines) is 1. The van der Waals surface area contributed by atoms with Crippen molar-refractivity contribution in [1.29, 1.82) is 0 Å². The van der Waals surface area contributed by atoms with Crippen molar-refractivity contribution in [3.63, 3.8) is 0 Å². The van der Waals surface area contributed by atoms with E-state index in [2.05, 4.69) is 5.32 Å². The number of anilines is 1. The molecule has 1 saturated heterocycles. The first-order valence-electron chi connectivity index (χ1n) is 7.39. The van der Waals surface area contributed by atoms with Gasteiger partial charge < -0.3 is 15.3 Å². The molecule has 0 aliphatic carbocycles. The molecule has 2 rings (SSSR count). The van der Waals surface area contributed by atoms with E-state index in [9.17, 15) is 9.59 Å². The summed E-state index contributed by atoms with van der Waals surface area (Å²) in [4.78, 5) is 24.7. The van der Waals surface area contributed by atoms with E-state index in [0.29, 0.717) is 18.9 Å². The largest absolute Gasteiger partial charge is 0.481 e. The molecule has 2 amide bonds. The fourth-order valence-electron chi connectivity index (χ4n) is 2.65. The zero-order valence-corrected chi connectivity index (χ0v) is 12.3. The first-order chi connectivity index (χ1) is 10.0. The number of carboxylic acid groups (broad SMARTS) is 1. The second kappa shape index (κ2) is 7.11. The fourth-order valence-corrected chi connectivity index (χ4v) is 2.65. The van der Waals surface area contributed by atoms with Crippen LogP contribution in [0.15, 0.2) is 24.3 Å². The molecule has 0 bridgehead atoms. The molecular weight excluding hydrogens is 268 g/mol. The second-order valence-corrected chi connectivity index (χ2v) is 5.68. The van der Waals surface area contributed by atoms with E-state index < -0.39 is 5.97 Å². The first kappa shape index (κ1) is 15.4. The molecule has 1 aliphatic heterocycles. The van der Waals surface area contributed by atoms with Gasteiger partial charge in [0.2, 0.25) is 0 Å². The number of hydrogen-bond acceptors (Lipinski definition) is 2. The van der Waals surface area contributed by atoms with Crippen molar-refractivity contribution in [1.82, 2.24) is 4.90 Å². The van der Waals surface area contributed by atoms with Crippen molar-refractivity contribution in [3.05, 3.63) is 29.8 Å². The van der Waals surface area contributed by atoms with Crippen molar-refractivity contribution >= 4 is 17.7 Å². The second-order valence-electron chi connectivity index (χ2n) is 5.68. The van der Waals surface area contributed by atoms with Crippen molar-refractivity contribution in [2.45, 2.75) is 32.6 Å². The minimum absolute atomic E-state index is 0.0983. The van der Waals surface area contributed by atoms with Gasteiger partial charge in [0.25, 0.3) is 0 Å². The number of carbonyl (C=O) groups is 2. The Kier molecular flexibility index (Phi) is 5.20. The summed E-state index contributed by atoms with van der Waals surface area (Å²) in [6.45, 7) is 3.38. The zero-order chi connectivity index (χ0) is 15.2. The van der Waals surface area contributed by atoms with Crippen LogP contribution in [-0.4, -0.2) is 35.1 Å². The molecule has 0 unspecified atom stereocenters. The molecular formula is C16H22N2O3. The minimum Gasteiger partial charge on any atom is -0.481 e. The van der Waals surface area contributed by atoms with Gasteiger partial charge in [-0.2, -0.15) is 0 Å². The molecule has 1 heterocycles. The van der Waals surface area contributed by atoms with Crippen molar-refractivity contribution in [2.24, 2.45) is 5.92 Å². The van der Waals surface area contributed by atoms with E-state index in [1.807, 2.05) is 31.2 Å². The Hall–Kier alpha value is -2.04. The number of carboxylic acids is 1. The normalized spacial score (nSPS) is 18.3. The van der Waals surface area contributed by atoms with Crippen LogP contribution in [0, 0.1) is 12.8 Å². The Morgan fingerprint density at radius 3 is 2.71 bits per heavy atom. The fraction of sp³-hybridized carbons (Fsp3) is 0.500. The number of aliphatic carboxylic acids is 1. The Balaban J connectivity index is 1.86. The van der Waals surface area contributed by atoms with Gasteiger partial charge in [0.05, 0.1) is 0 Å². The monoisotopic (exact) mass is 290 g/mol. The van der Waals surface area contributed by atoms with E-state index in [1.165, 1.54) is 0 Å². The van der Waals surface area contributed by atoms with Gasteiger partial charge in [0.15, 0.2) is 0 Å². The Labute approximate surface area is 125 Å². The number of urea groups is 1. The summed E-state index contributed by atoms with van der Waals surface area (Å²) in [7, 11) is 0. The van der Waals surface area contributed by atoms with E-state index in [0.717, 1.165) is 30.6 Å². The van der Waals surface area contributed by atoms with Gasteiger partial charge in [0, 0.05) is 25.2 Å². The predicted molar refractivity (Wildman–Crippen MR) is 81.4 cm³/mol. The highest BCUT2D eigenvalue weighted by Crippen LogP contribution is 2.21. The quantitative estimate of drug-likeness (QED) is 0.895. The van der Waals surface area contributed by atoms with Crippen LogP contribution in [0.3, 0.4) is 0 Å². The lowest BCUT2D eigenvalue weighted by atomic mass is 9.93. The summed E-state index contributed by atoms with van der Waals surface area (Å²) in [5, 5.41) is 11.6. The van der Waals surface area contributed by atoms with Crippen LogP contribution in [-0.2, 0) is 4.79 Å². The number of amides is 2. The minimum atomic E-state index is -0.767. The number of benzene rings is 1. The van der Waals surface area contributed by atoms with Crippen LogP contribution in [0.2, 0.25) is 0 Å². The molecule has 1 fully saturated rings. The SMILES string of the molecule is Cc1ccc(NC(=O)N2CCC[C@H](CCC(=O)O)C2)cc1. The molecule has 5 heteroatoms. The van der Waals surface area contributed by atoms with Crippen LogP contribution < -0.4 is 5.32 Å². The van der Waals surface area contributed by atoms with Gasteiger partial charge in [0.1, 0.15) is 0 Å². The average molecular weight is 290 g/mol. The van der Waals surface area contributed by atoms with Crippen molar-refractivity contribution in [3.8, 4) is 0 Å². The molecule has 1 aromatic carbocycles. The molecule has 0 spiro atoms. The lowest BCUT2D eigenvalue weighted by Crippen LogP contribution is -2.42. The third-order valence-corrected chi connectivity index (χ3v) is 3.88. The number of piperidine rings is 1. The molecule has 0 radical (unpaired) electrons. The third-order valence-electron chi connectivity index (χ3n) is 3.88. The van der Waals surface area contributed by atoms with Crippen molar-refractivity contribution < 1.29 is 14.7 Å². The van der Waals surface area contributed by atoms with Crippen LogP contribution in [0.4, 0.5) is 10.5 Å². The van der Waals surface area contributed by atoms with Crippen LogP contribution in [0.1, 0.15) is 31.2 Å². The van der Waals surface area contributed by atoms with E-state index in [4.69, 9.17) is 5.11 Å². The zero-order valence-electron chi connectivity index (χ0n) is 12.3. The summed E-state index contributed by atoms with van der Waals surface area (Å²) < 4.78 is 0. The van der Waals surface area contributed by atoms with Gasteiger partial charge in [-0.1, -0.05) is 17.7 Å². The van der Waals surface area contributed by atoms with E-state index >= 15 is 0 Å². The Morgan fingerprint density at radius 1 is 1.33 bits per heavy atom. The lowest BCUT2D eigenvalue weighted by molar-refractivity contribution is -0.137. The number of aryl methyl sites for hydroxylation is 1. The number of nitrogens with one attached hydrogen (secondary N) is 1. The maximum absolute atomic E-state index is 12.2. The summed E-state index contributed by atoms with van der Waals surface area (Å²) in [5.74, 6) is -0.477. The molecule has 114 valence electrons. The summed E-state index contributed by atoms with van der Waals surface area (Å²) in [6.07, 6.45) is 2.76. The summed E-state index contributed by atoms with van der Waals surface area (Å²) in [6, 6.07) is 7.60. The van der Waals surface area contributed by atoms with Gasteiger partial charge in [-0.25, -0.2) is 4.79 Å². The Bertz CT molecular complexity index is 499. The third kappa shape index (κ3) is 4.77. The highest BCUT2D eigenvalue weighted by atomic mass is 16.4.